The molecule has 0 rings (SSSR count). The lowest BCUT2D eigenvalue weighted by Gasteiger charge is -2.21. The van der Waals surface area contributed by atoms with Gasteiger partial charge in [0, 0.05) is 25.7 Å². The molecule has 0 aromatic rings. The maximum Gasteiger partial charge on any atom is 0.472 e. The summed E-state index contributed by atoms with van der Waals surface area (Å²) in [6.45, 7) is 14.3. The van der Waals surface area contributed by atoms with Crippen LogP contribution in [0, 0.1) is 23.7 Å². The first-order valence-corrected chi connectivity index (χ1v) is 45.8. The first-order valence-electron chi connectivity index (χ1n) is 42.8. The van der Waals surface area contributed by atoms with Crippen molar-refractivity contribution in [3.05, 3.63) is 0 Å². The Bertz CT molecular complexity index is 1990. The second kappa shape index (κ2) is 72.0. The lowest BCUT2D eigenvalue weighted by molar-refractivity contribution is -0.161. The summed E-state index contributed by atoms with van der Waals surface area (Å²) in [5.41, 5.74) is 0. The van der Waals surface area contributed by atoms with Crippen LogP contribution in [0.3, 0.4) is 0 Å². The summed E-state index contributed by atoms with van der Waals surface area (Å²) in [4.78, 5) is 73.0. The monoisotopic (exact) mass is 1490 g/mol. The number of phosphoric acid groups is 2. The van der Waals surface area contributed by atoms with Crippen molar-refractivity contribution in [2.45, 2.75) is 446 Å². The number of carbonyl (C=O) groups excluding carboxylic acids is 4. The van der Waals surface area contributed by atoms with E-state index in [4.69, 9.17) is 37.0 Å². The van der Waals surface area contributed by atoms with Crippen molar-refractivity contribution in [1.82, 2.24) is 0 Å². The largest absolute Gasteiger partial charge is 0.472 e. The third kappa shape index (κ3) is 73.6. The highest BCUT2D eigenvalue weighted by atomic mass is 31.2. The Morgan fingerprint density at radius 1 is 0.275 bits per heavy atom. The van der Waals surface area contributed by atoms with Gasteiger partial charge in [-0.15, -0.1) is 0 Å². The fourth-order valence-electron chi connectivity index (χ4n) is 12.7. The number of carbonyl (C=O) groups is 4. The molecule has 102 heavy (non-hydrogen) atoms. The van der Waals surface area contributed by atoms with Gasteiger partial charge in [-0.2, -0.15) is 0 Å². The maximum absolute atomic E-state index is 13.1. The molecule has 0 heterocycles. The Morgan fingerprint density at radius 2 is 0.471 bits per heavy atom. The van der Waals surface area contributed by atoms with Crippen molar-refractivity contribution < 1.29 is 80.2 Å². The van der Waals surface area contributed by atoms with Gasteiger partial charge in [0.1, 0.15) is 19.3 Å². The van der Waals surface area contributed by atoms with Crippen molar-refractivity contribution in [2.24, 2.45) is 23.7 Å². The summed E-state index contributed by atoms with van der Waals surface area (Å²) in [6.07, 6.45) is 59.8. The zero-order chi connectivity index (χ0) is 75.3. The number of hydrogen-bond donors (Lipinski definition) is 3. The van der Waals surface area contributed by atoms with E-state index in [1.165, 1.54) is 225 Å². The Labute approximate surface area is 626 Å². The summed E-state index contributed by atoms with van der Waals surface area (Å²) < 4.78 is 68.7. The fraction of sp³-hybridized carbons (Fsp3) is 0.952. The van der Waals surface area contributed by atoms with Crippen LogP contribution < -0.4 is 0 Å². The van der Waals surface area contributed by atoms with Gasteiger partial charge in [0.25, 0.3) is 0 Å². The van der Waals surface area contributed by atoms with E-state index in [0.717, 1.165) is 114 Å². The van der Waals surface area contributed by atoms with Gasteiger partial charge < -0.3 is 33.8 Å². The van der Waals surface area contributed by atoms with Crippen LogP contribution >= 0.6 is 15.6 Å². The first-order chi connectivity index (χ1) is 49.2. The number of rotatable bonds is 80. The van der Waals surface area contributed by atoms with Gasteiger partial charge in [0.2, 0.25) is 0 Å². The van der Waals surface area contributed by atoms with Crippen molar-refractivity contribution in [3.63, 3.8) is 0 Å². The molecule has 0 aliphatic rings. The summed E-state index contributed by atoms with van der Waals surface area (Å²) in [6, 6.07) is 0. The number of hydrogen-bond acceptors (Lipinski definition) is 15. The van der Waals surface area contributed by atoms with Gasteiger partial charge in [-0.25, -0.2) is 9.13 Å². The van der Waals surface area contributed by atoms with E-state index >= 15 is 0 Å². The molecule has 606 valence electrons. The van der Waals surface area contributed by atoms with E-state index in [0.29, 0.717) is 31.6 Å². The zero-order valence-electron chi connectivity index (χ0n) is 67.2. The minimum Gasteiger partial charge on any atom is -0.462 e. The highest BCUT2D eigenvalue weighted by molar-refractivity contribution is 7.47. The van der Waals surface area contributed by atoms with Gasteiger partial charge in [0.05, 0.1) is 26.4 Å². The second-order valence-electron chi connectivity index (χ2n) is 31.3. The molecule has 0 fully saturated rings. The smallest absolute Gasteiger partial charge is 0.462 e. The molecule has 0 bridgehead atoms. The van der Waals surface area contributed by atoms with Gasteiger partial charge in [-0.3, -0.25) is 37.3 Å². The van der Waals surface area contributed by atoms with Crippen LogP contribution in [0.4, 0.5) is 0 Å². The molecular weight excluding hydrogens is 1330 g/mol. The molecule has 0 aromatic carbocycles. The van der Waals surface area contributed by atoms with E-state index in [9.17, 15) is 43.2 Å². The summed E-state index contributed by atoms with van der Waals surface area (Å²) >= 11 is 0. The number of phosphoric ester groups is 2. The van der Waals surface area contributed by atoms with E-state index in [2.05, 4.69) is 55.4 Å². The zero-order valence-corrected chi connectivity index (χ0v) is 69.0. The van der Waals surface area contributed by atoms with Gasteiger partial charge in [0.15, 0.2) is 12.2 Å². The van der Waals surface area contributed by atoms with Crippen LogP contribution in [0.15, 0.2) is 0 Å². The Balaban J connectivity index is 5.21. The molecule has 0 saturated heterocycles. The van der Waals surface area contributed by atoms with Gasteiger partial charge in [-0.1, -0.05) is 376 Å². The molecule has 0 aliphatic carbocycles. The van der Waals surface area contributed by atoms with Crippen molar-refractivity contribution in [3.8, 4) is 0 Å². The van der Waals surface area contributed by atoms with Gasteiger partial charge in [-0.05, 0) is 49.4 Å². The van der Waals surface area contributed by atoms with Crippen LogP contribution in [0.2, 0.25) is 0 Å². The van der Waals surface area contributed by atoms with Crippen molar-refractivity contribution >= 4 is 39.5 Å². The Kier molecular flexibility index (Phi) is 70.6. The number of unbranched alkanes of at least 4 members (excludes halogenated alkanes) is 44. The van der Waals surface area contributed by atoms with Crippen LogP contribution in [0.25, 0.3) is 0 Å². The molecule has 7 atom stereocenters. The first kappa shape index (κ1) is 100. The Hall–Kier alpha value is -1.94. The standard InChI is InChI=1S/C83H162O17P2/c1-9-75(7)61-53-45-37-29-23-19-15-13-11-12-14-16-21-25-31-39-47-55-63-80(85)93-69-78(99-82(87)65-57-49-40-32-26-22-18-17-20-24-30-38-46-54-62-76(8)10-2)71-97-101(89,90)95-67-77(84)68-96-102(91,92)98-72-79(70-94-81(86)64-56-48-42-34-36-44-52-60-74(5)6)100-83(88)66-58-50-41-33-27-28-35-43-51-59-73(3)4/h73-79,84H,9-72H2,1-8H3,(H,89,90)(H,91,92)/t75?,76?,77?,78-,79-/m1/s1. The number of aliphatic hydroxyl groups excluding tert-OH is 1. The summed E-state index contributed by atoms with van der Waals surface area (Å²) in [5, 5.41) is 10.6. The van der Waals surface area contributed by atoms with Crippen molar-refractivity contribution in [1.29, 1.82) is 0 Å². The quantitative estimate of drug-likeness (QED) is 0.0222. The molecule has 0 radical (unpaired) electrons. The normalized spacial score (nSPS) is 14.5. The van der Waals surface area contributed by atoms with Crippen molar-refractivity contribution in [2.75, 3.05) is 39.6 Å². The molecule has 19 heteroatoms. The molecule has 0 amide bonds. The molecule has 0 aliphatic heterocycles. The topological polar surface area (TPSA) is 237 Å². The predicted molar refractivity (Wildman–Crippen MR) is 418 cm³/mol. The Morgan fingerprint density at radius 3 is 0.696 bits per heavy atom. The number of esters is 4. The summed E-state index contributed by atoms with van der Waals surface area (Å²) in [5.74, 6) is 1.05. The SMILES string of the molecule is CCC(C)CCCCCCCCCCCCCCCCCCCCC(=O)OC[C@H](COP(=O)(O)OCC(O)COP(=O)(O)OC[C@@H](COC(=O)CCCCCCCCCC(C)C)OC(=O)CCCCCCCCCCCC(C)C)OC(=O)CCCCCCCCCCCCCCCCC(C)CC. The highest BCUT2D eigenvalue weighted by Gasteiger charge is 2.30. The van der Waals surface area contributed by atoms with E-state index in [-0.39, 0.29) is 25.7 Å². The minimum atomic E-state index is -4.96. The third-order valence-electron chi connectivity index (χ3n) is 20.0. The van der Waals surface area contributed by atoms with Crippen LogP contribution in [-0.4, -0.2) is 96.7 Å². The van der Waals surface area contributed by atoms with Gasteiger partial charge >= 0.3 is 39.5 Å². The van der Waals surface area contributed by atoms with E-state index < -0.39 is 97.5 Å². The second-order valence-corrected chi connectivity index (χ2v) is 34.2. The average molecular weight is 1490 g/mol. The molecule has 0 spiro atoms. The number of aliphatic hydroxyl groups is 1. The highest BCUT2D eigenvalue weighted by Crippen LogP contribution is 2.45. The lowest BCUT2D eigenvalue weighted by Crippen LogP contribution is -2.30. The molecule has 0 saturated carbocycles. The van der Waals surface area contributed by atoms with Crippen LogP contribution in [-0.2, 0) is 65.4 Å². The van der Waals surface area contributed by atoms with Crippen LogP contribution in [0.5, 0.6) is 0 Å². The lowest BCUT2D eigenvalue weighted by atomic mass is 9.99. The molecule has 3 N–H and O–H groups in total. The molecule has 17 nitrogen and oxygen atoms in total. The minimum absolute atomic E-state index is 0.104. The van der Waals surface area contributed by atoms with E-state index in [1.54, 1.807) is 0 Å². The molecule has 0 aromatic heterocycles. The van der Waals surface area contributed by atoms with Crippen LogP contribution in [0.1, 0.15) is 428 Å². The average Bonchev–Trinajstić information content (AvgIpc) is 0.958. The number of ether oxygens (including phenoxy) is 4. The van der Waals surface area contributed by atoms with E-state index in [1.807, 2.05) is 0 Å². The molecule has 5 unspecified atom stereocenters. The summed E-state index contributed by atoms with van der Waals surface area (Å²) in [7, 11) is -9.92. The third-order valence-corrected chi connectivity index (χ3v) is 21.9. The maximum atomic E-state index is 13.1. The predicted octanol–water partition coefficient (Wildman–Crippen LogP) is 24.8. The fourth-order valence-corrected chi connectivity index (χ4v) is 14.3. The molecular formula is C83H162O17P2.